The van der Waals surface area contributed by atoms with Crippen LogP contribution in [0.4, 0.5) is 9.52 Å². The summed E-state index contributed by atoms with van der Waals surface area (Å²) in [6, 6.07) is 5.24. The van der Waals surface area contributed by atoms with Gasteiger partial charge in [-0.2, -0.15) is 0 Å². The Morgan fingerprint density at radius 2 is 1.92 bits per heavy atom. The van der Waals surface area contributed by atoms with Crippen LogP contribution in [0.5, 0.6) is 0 Å². The molecule has 8 heteroatoms. The molecule has 0 aliphatic rings. The van der Waals surface area contributed by atoms with E-state index in [1.54, 1.807) is 12.1 Å². The van der Waals surface area contributed by atoms with Crippen molar-refractivity contribution < 1.29 is 14.0 Å². The molecule has 6 nitrogen and oxygen atoms in total. The summed E-state index contributed by atoms with van der Waals surface area (Å²) in [6.07, 6.45) is 0.745. The van der Waals surface area contributed by atoms with Gasteiger partial charge in [-0.05, 0) is 30.2 Å². The molecule has 0 radical (unpaired) electrons. The van der Waals surface area contributed by atoms with Gasteiger partial charge >= 0.3 is 0 Å². The van der Waals surface area contributed by atoms with Gasteiger partial charge in [-0.25, -0.2) is 4.39 Å². The summed E-state index contributed by atoms with van der Waals surface area (Å²) >= 11 is 1.19. The van der Waals surface area contributed by atoms with E-state index in [2.05, 4.69) is 20.8 Å². The van der Waals surface area contributed by atoms with Gasteiger partial charge < -0.3 is 5.32 Å². The third-order valence-electron chi connectivity index (χ3n) is 3.60. The summed E-state index contributed by atoms with van der Waals surface area (Å²) in [6.45, 7) is 5.22. The van der Waals surface area contributed by atoms with Crippen molar-refractivity contribution in [3.05, 3.63) is 30.1 Å². The van der Waals surface area contributed by atoms with Crippen LogP contribution in [0.15, 0.2) is 24.3 Å². The van der Waals surface area contributed by atoms with Gasteiger partial charge in [0.2, 0.25) is 16.9 Å². The van der Waals surface area contributed by atoms with Crippen LogP contribution in [-0.2, 0) is 9.59 Å². The molecule has 1 aromatic carbocycles. The number of aromatic nitrogens is 2. The summed E-state index contributed by atoms with van der Waals surface area (Å²) in [5.74, 6) is -0.942. The third kappa shape index (κ3) is 4.58. The molecule has 0 fully saturated rings. The third-order valence-corrected chi connectivity index (χ3v) is 4.49. The molecule has 0 bridgehead atoms. The van der Waals surface area contributed by atoms with Crippen LogP contribution in [0.3, 0.4) is 0 Å². The first-order valence-electron chi connectivity index (χ1n) is 7.58. The molecular formula is C16H19FN4O2S. The number of nitrogens with one attached hydrogen (secondary N) is 2. The van der Waals surface area contributed by atoms with Crippen LogP contribution in [0.2, 0.25) is 0 Å². The predicted octanol–water partition coefficient (Wildman–Crippen LogP) is 2.83. The highest BCUT2D eigenvalue weighted by molar-refractivity contribution is 7.18. The Labute approximate surface area is 143 Å². The molecule has 2 amide bonds. The van der Waals surface area contributed by atoms with Crippen LogP contribution < -0.4 is 10.6 Å². The molecule has 2 N–H and O–H groups in total. The van der Waals surface area contributed by atoms with Gasteiger partial charge in [-0.15, -0.1) is 10.2 Å². The fourth-order valence-corrected chi connectivity index (χ4v) is 2.84. The topological polar surface area (TPSA) is 84.0 Å². The highest BCUT2D eigenvalue weighted by Crippen LogP contribution is 2.26. The average molecular weight is 350 g/mol. The van der Waals surface area contributed by atoms with E-state index in [0.29, 0.717) is 10.1 Å². The smallest absolute Gasteiger partial charge is 0.249 e. The normalized spacial score (nSPS) is 13.2. The molecule has 0 saturated carbocycles. The van der Waals surface area contributed by atoms with Crippen LogP contribution in [0.25, 0.3) is 10.6 Å². The second-order valence-electron chi connectivity index (χ2n) is 5.47. The molecule has 2 atom stereocenters. The highest BCUT2D eigenvalue weighted by atomic mass is 32.1. The van der Waals surface area contributed by atoms with Crippen molar-refractivity contribution in [1.82, 2.24) is 15.5 Å². The zero-order valence-electron chi connectivity index (χ0n) is 13.7. The highest BCUT2D eigenvalue weighted by Gasteiger charge is 2.25. The van der Waals surface area contributed by atoms with E-state index in [1.165, 1.54) is 30.4 Å². The quantitative estimate of drug-likeness (QED) is 0.839. The Morgan fingerprint density at radius 3 is 2.50 bits per heavy atom. The molecule has 2 aromatic rings. The van der Waals surface area contributed by atoms with Crippen LogP contribution in [0.1, 0.15) is 27.2 Å². The summed E-state index contributed by atoms with van der Waals surface area (Å²) in [4.78, 5) is 23.7. The van der Waals surface area contributed by atoms with E-state index in [0.717, 1.165) is 12.0 Å². The summed E-state index contributed by atoms with van der Waals surface area (Å²) in [7, 11) is 0. The zero-order valence-corrected chi connectivity index (χ0v) is 14.5. The Bertz CT molecular complexity index is 717. The molecule has 0 spiro atoms. The van der Waals surface area contributed by atoms with Crippen LogP contribution >= 0.6 is 11.3 Å². The number of benzene rings is 1. The molecule has 1 aromatic heterocycles. The van der Waals surface area contributed by atoms with E-state index in [-0.39, 0.29) is 23.5 Å². The fraction of sp³-hybridized carbons (Fsp3) is 0.375. The Morgan fingerprint density at radius 1 is 1.25 bits per heavy atom. The van der Waals surface area contributed by atoms with E-state index >= 15 is 0 Å². The predicted molar refractivity (Wildman–Crippen MR) is 91.0 cm³/mol. The van der Waals surface area contributed by atoms with E-state index in [9.17, 15) is 14.0 Å². The van der Waals surface area contributed by atoms with Gasteiger partial charge in [-0.3, -0.25) is 14.9 Å². The first-order chi connectivity index (χ1) is 11.4. The van der Waals surface area contributed by atoms with E-state index in [1.807, 2.05) is 13.8 Å². The van der Waals surface area contributed by atoms with Gasteiger partial charge in [0.1, 0.15) is 16.9 Å². The Kier molecular flexibility index (Phi) is 5.97. The second kappa shape index (κ2) is 7.96. The van der Waals surface area contributed by atoms with E-state index in [4.69, 9.17) is 0 Å². The number of rotatable bonds is 6. The number of amides is 2. The van der Waals surface area contributed by atoms with Crippen molar-refractivity contribution in [3.63, 3.8) is 0 Å². The first kappa shape index (κ1) is 18.0. The lowest BCUT2D eigenvalue weighted by atomic mass is 9.98. The number of hydrogen-bond acceptors (Lipinski definition) is 5. The lowest BCUT2D eigenvalue weighted by molar-refractivity contribution is -0.126. The number of carbonyl (C=O) groups is 2. The summed E-state index contributed by atoms with van der Waals surface area (Å²) < 4.78 is 13.0. The van der Waals surface area contributed by atoms with Crippen LogP contribution in [-0.4, -0.2) is 28.1 Å². The summed E-state index contributed by atoms with van der Waals surface area (Å²) in [5, 5.41) is 14.2. The van der Waals surface area contributed by atoms with Crippen molar-refractivity contribution in [1.29, 1.82) is 0 Å². The molecule has 128 valence electrons. The van der Waals surface area contributed by atoms with Crippen molar-refractivity contribution in [2.75, 3.05) is 5.32 Å². The number of nitrogens with zero attached hydrogens (tertiary/aromatic N) is 2. The maximum Gasteiger partial charge on any atom is 0.249 e. The van der Waals surface area contributed by atoms with E-state index < -0.39 is 6.04 Å². The monoisotopic (exact) mass is 350 g/mol. The molecule has 0 aliphatic heterocycles. The number of carbonyl (C=O) groups excluding carboxylic acids is 2. The number of halogens is 1. The van der Waals surface area contributed by atoms with Crippen LogP contribution in [0, 0.1) is 11.7 Å². The van der Waals surface area contributed by atoms with Gasteiger partial charge in [0.05, 0.1) is 0 Å². The maximum absolute atomic E-state index is 13.0. The molecular weight excluding hydrogens is 331 g/mol. The molecule has 0 saturated heterocycles. The molecule has 2 unspecified atom stereocenters. The molecule has 1 heterocycles. The SMILES string of the molecule is CCC(C)C(NC(C)=O)C(=O)Nc1nnc(-c2ccc(F)cc2)s1. The largest absolute Gasteiger partial charge is 0.344 e. The maximum atomic E-state index is 13.0. The minimum Gasteiger partial charge on any atom is -0.344 e. The van der Waals surface area contributed by atoms with Gasteiger partial charge in [-0.1, -0.05) is 31.6 Å². The number of hydrogen-bond donors (Lipinski definition) is 2. The van der Waals surface area contributed by atoms with Gasteiger partial charge in [0, 0.05) is 12.5 Å². The lowest BCUT2D eigenvalue weighted by Crippen LogP contribution is -2.46. The van der Waals surface area contributed by atoms with Crippen molar-refractivity contribution in [2.24, 2.45) is 5.92 Å². The second-order valence-corrected chi connectivity index (χ2v) is 6.45. The Hall–Kier alpha value is -2.35. The number of anilines is 1. The lowest BCUT2D eigenvalue weighted by Gasteiger charge is -2.22. The fourth-order valence-electron chi connectivity index (χ4n) is 2.09. The van der Waals surface area contributed by atoms with Gasteiger partial charge in [0.15, 0.2) is 0 Å². The standard InChI is InChI=1S/C16H19FN4O2S/c1-4-9(2)13(18-10(3)22)14(23)19-16-21-20-15(24-16)11-5-7-12(17)8-6-11/h5-9,13H,4H2,1-3H3,(H,18,22)(H,19,21,23). The van der Waals surface area contributed by atoms with Gasteiger partial charge in [0.25, 0.3) is 0 Å². The van der Waals surface area contributed by atoms with Crippen molar-refractivity contribution in [3.8, 4) is 10.6 Å². The molecule has 2 rings (SSSR count). The molecule has 0 aliphatic carbocycles. The Balaban J connectivity index is 2.11. The molecule has 24 heavy (non-hydrogen) atoms. The minimum absolute atomic E-state index is 0.0154. The first-order valence-corrected chi connectivity index (χ1v) is 8.39. The van der Waals surface area contributed by atoms with Crippen molar-refractivity contribution >= 4 is 28.3 Å². The summed E-state index contributed by atoms with van der Waals surface area (Å²) in [5.41, 5.74) is 0.717. The zero-order chi connectivity index (χ0) is 17.7. The van der Waals surface area contributed by atoms with Crippen molar-refractivity contribution in [2.45, 2.75) is 33.2 Å². The minimum atomic E-state index is -0.634. The average Bonchev–Trinajstić information content (AvgIpc) is 3.00.